The van der Waals surface area contributed by atoms with Crippen molar-refractivity contribution in [1.82, 2.24) is 30.0 Å². The van der Waals surface area contributed by atoms with Gasteiger partial charge >= 0.3 is 5.97 Å². The molecule has 4 aliphatic rings. The van der Waals surface area contributed by atoms with Gasteiger partial charge in [0.25, 0.3) is 5.91 Å². The SMILES string of the molecule is Cc1c(OC2CCC(CCCCN3CCN(c4ccc5c([C@H]6CCC(=O)NC6=O)nn(C)c5c4)C[C@H]3C)CC2)cccc1-c1ccc(N2CCc3cccc(C(=O)Nc4nc5ccccc5s4)c3C2)nc1C(=O)OC(C)(C)C. The molecule has 0 radical (unpaired) electrons. The summed E-state index contributed by atoms with van der Waals surface area (Å²) in [5, 5.41) is 11.8. The Labute approximate surface area is 460 Å². The Morgan fingerprint density at radius 2 is 1.67 bits per heavy atom. The second-order valence-corrected chi connectivity index (χ2v) is 23.9. The molecule has 3 aromatic heterocycles. The molecule has 2 atom stereocenters. The Kier molecular flexibility index (Phi) is 15.1. The van der Waals surface area contributed by atoms with E-state index in [2.05, 4.69) is 68.4 Å². The summed E-state index contributed by atoms with van der Waals surface area (Å²) in [5.74, 6) is 0.593. The summed E-state index contributed by atoms with van der Waals surface area (Å²) in [6.45, 7) is 15.2. The fraction of sp³-hybridized carbons (Fsp3) is 0.435. The number of pyridine rings is 1. The molecule has 6 heterocycles. The van der Waals surface area contributed by atoms with E-state index in [-0.39, 0.29) is 29.5 Å². The lowest BCUT2D eigenvalue weighted by molar-refractivity contribution is -0.134. The third-order valence-corrected chi connectivity index (χ3v) is 17.3. The first kappa shape index (κ1) is 52.9. The molecule has 0 bridgehead atoms. The molecule has 16 heteroatoms. The second kappa shape index (κ2) is 22.3. The molecule has 15 nitrogen and oxygen atoms in total. The van der Waals surface area contributed by atoms with E-state index >= 15 is 0 Å². The van der Waals surface area contributed by atoms with Crippen molar-refractivity contribution in [3.05, 3.63) is 125 Å². The Bertz CT molecular complexity index is 3380. The number of imide groups is 1. The molecule has 406 valence electrons. The number of benzene rings is 4. The van der Waals surface area contributed by atoms with E-state index in [1.54, 1.807) is 0 Å². The average molecular weight is 1070 g/mol. The number of nitrogens with one attached hydrogen (secondary N) is 2. The zero-order valence-electron chi connectivity index (χ0n) is 45.8. The number of carbonyl (C=O) groups is 4. The van der Waals surface area contributed by atoms with Crippen molar-refractivity contribution in [2.45, 2.75) is 129 Å². The Morgan fingerprint density at radius 1 is 0.846 bits per heavy atom. The summed E-state index contributed by atoms with van der Waals surface area (Å²) in [6.07, 6.45) is 9.65. The number of anilines is 3. The third-order valence-electron chi connectivity index (χ3n) is 16.4. The summed E-state index contributed by atoms with van der Waals surface area (Å²) < 4.78 is 15.7. The third kappa shape index (κ3) is 11.4. The lowest BCUT2D eigenvalue weighted by Gasteiger charge is -2.41. The van der Waals surface area contributed by atoms with Crippen LogP contribution in [0.25, 0.3) is 32.2 Å². The molecule has 3 amide bonds. The highest BCUT2D eigenvalue weighted by Crippen LogP contribution is 2.39. The molecule has 3 fully saturated rings. The molecule has 3 aliphatic heterocycles. The van der Waals surface area contributed by atoms with Crippen LogP contribution in [0.4, 0.5) is 16.6 Å². The fourth-order valence-electron chi connectivity index (χ4n) is 12.1. The number of nitrogens with zero attached hydrogens (tertiary/aromatic N) is 7. The van der Waals surface area contributed by atoms with Crippen LogP contribution < -0.4 is 25.2 Å². The number of carbonyl (C=O) groups excluding carboxylic acids is 4. The van der Waals surface area contributed by atoms with Gasteiger partial charge in [0.05, 0.1) is 33.4 Å². The van der Waals surface area contributed by atoms with E-state index in [1.165, 1.54) is 36.3 Å². The van der Waals surface area contributed by atoms with Crippen LogP contribution in [-0.4, -0.2) is 98.8 Å². The highest BCUT2D eigenvalue weighted by atomic mass is 32.1. The summed E-state index contributed by atoms with van der Waals surface area (Å²) in [7, 11) is 1.93. The topological polar surface area (TPSA) is 164 Å². The smallest absolute Gasteiger partial charge is 0.358 e. The van der Waals surface area contributed by atoms with Gasteiger partial charge < -0.3 is 19.3 Å². The lowest BCUT2D eigenvalue weighted by atomic mass is 9.84. The van der Waals surface area contributed by atoms with Crippen molar-refractivity contribution < 1.29 is 28.7 Å². The summed E-state index contributed by atoms with van der Waals surface area (Å²) >= 11 is 1.45. The molecule has 78 heavy (non-hydrogen) atoms. The molecule has 0 unspecified atom stereocenters. The van der Waals surface area contributed by atoms with Crippen LogP contribution in [0.3, 0.4) is 0 Å². The molecule has 2 N–H and O–H groups in total. The highest BCUT2D eigenvalue weighted by Gasteiger charge is 2.33. The summed E-state index contributed by atoms with van der Waals surface area (Å²) in [4.78, 5) is 69.4. The van der Waals surface area contributed by atoms with Crippen LogP contribution in [0.15, 0.2) is 91.0 Å². The Hall–Kier alpha value is -7.17. The second-order valence-electron chi connectivity index (χ2n) is 22.9. The first-order chi connectivity index (χ1) is 37.6. The molecule has 2 saturated heterocycles. The predicted octanol–water partition coefficient (Wildman–Crippen LogP) is 11.2. The molecule has 1 saturated carbocycles. The molecule has 4 aromatic carbocycles. The molecule has 11 rings (SSSR count). The van der Waals surface area contributed by atoms with Gasteiger partial charge in [0.15, 0.2) is 10.8 Å². The number of aromatic nitrogens is 4. The monoisotopic (exact) mass is 1070 g/mol. The number of hydrogen-bond donors (Lipinski definition) is 2. The minimum Gasteiger partial charge on any atom is -0.490 e. The zero-order chi connectivity index (χ0) is 54.2. The number of rotatable bonds is 14. The Morgan fingerprint density at radius 3 is 2.46 bits per heavy atom. The number of esters is 1. The van der Waals surface area contributed by atoms with Crippen molar-refractivity contribution in [2.24, 2.45) is 13.0 Å². The van der Waals surface area contributed by atoms with Crippen LogP contribution in [0.2, 0.25) is 0 Å². The van der Waals surface area contributed by atoms with Crippen LogP contribution in [0, 0.1) is 12.8 Å². The van der Waals surface area contributed by atoms with Crippen LogP contribution in [0.1, 0.15) is 135 Å². The minimum absolute atomic E-state index is 0.124. The fourth-order valence-corrected chi connectivity index (χ4v) is 13.0. The van der Waals surface area contributed by atoms with Gasteiger partial charge in [-0.3, -0.25) is 34.6 Å². The number of para-hydroxylation sites is 1. The standard InChI is InChI=1S/C62H71N9O6S/c1-38-36-70(42-22-25-47-51(35-42)68(6)67-56(47)48-27-29-55(72)65-59(48)74)34-33-69(38)31-10-9-13-40-20-23-43(24-21-40)76-52-18-12-15-44(39(52)2)45-26-28-54(64-57(45)60(75)77-62(3,4)5)71-32-30-41-14-11-16-46(49(41)37-71)58(73)66-61-63-50-17-7-8-19-53(50)78-61/h7-8,11-12,14-19,22,25-26,28,35,38,40,43,48H,9-10,13,20-21,23-24,27,29-34,36-37H2,1-6H3,(H,63,66,73)(H,65,72,74)/t38-,40?,43?,48-/m1/s1. The van der Waals surface area contributed by atoms with Crippen molar-refractivity contribution in [3.63, 3.8) is 0 Å². The number of ether oxygens (including phenoxy) is 2. The number of aryl methyl sites for hydroxylation is 1. The van der Waals surface area contributed by atoms with E-state index < -0.39 is 17.5 Å². The van der Waals surface area contributed by atoms with Crippen molar-refractivity contribution in [2.75, 3.05) is 47.8 Å². The van der Waals surface area contributed by atoms with Gasteiger partial charge in [0.2, 0.25) is 11.8 Å². The number of piperazine rings is 1. The number of amides is 3. The van der Waals surface area contributed by atoms with Crippen LogP contribution in [0.5, 0.6) is 5.75 Å². The number of hydrogen-bond acceptors (Lipinski definition) is 13. The molecular weight excluding hydrogens is 999 g/mol. The highest BCUT2D eigenvalue weighted by molar-refractivity contribution is 7.22. The van der Waals surface area contributed by atoms with E-state index in [9.17, 15) is 19.2 Å². The van der Waals surface area contributed by atoms with Crippen molar-refractivity contribution in [1.29, 1.82) is 0 Å². The normalized spacial score (nSPS) is 20.2. The molecule has 1 aliphatic carbocycles. The molecule has 0 spiro atoms. The maximum atomic E-state index is 14.1. The lowest BCUT2D eigenvalue weighted by Crippen LogP contribution is -2.52. The first-order valence-electron chi connectivity index (χ1n) is 28.0. The zero-order valence-corrected chi connectivity index (χ0v) is 46.6. The first-order valence-corrected chi connectivity index (χ1v) is 28.8. The summed E-state index contributed by atoms with van der Waals surface area (Å²) in [5.41, 5.74) is 8.46. The number of thiazole rings is 1. The number of unbranched alkanes of at least 4 members (excludes halogenated alkanes) is 1. The number of fused-ring (bicyclic) bond motifs is 3. The van der Waals surface area contributed by atoms with Gasteiger partial charge in [-0.15, -0.1) is 0 Å². The maximum Gasteiger partial charge on any atom is 0.358 e. The van der Waals surface area contributed by atoms with Gasteiger partial charge in [-0.25, -0.2) is 14.8 Å². The van der Waals surface area contributed by atoms with Crippen LogP contribution >= 0.6 is 11.3 Å². The van der Waals surface area contributed by atoms with E-state index in [4.69, 9.17) is 19.6 Å². The Balaban J connectivity index is 0.682. The van der Waals surface area contributed by atoms with Gasteiger partial charge in [0.1, 0.15) is 17.2 Å². The number of piperidine rings is 1. The quantitative estimate of drug-likeness (QED) is 0.0603. The molecular formula is C62H71N9O6S. The van der Waals surface area contributed by atoms with Gasteiger partial charge in [-0.1, -0.05) is 60.6 Å². The average Bonchev–Trinajstić information content (AvgIpc) is 4.14. The summed E-state index contributed by atoms with van der Waals surface area (Å²) in [6, 6.07) is 30.6. The van der Waals surface area contributed by atoms with Gasteiger partial charge in [-0.05, 0) is 169 Å². The van der Waals surface area contributed by atoms with Gasteiger partial charge in [-0.2, -0.15) is 5.10 Å². The van der Waals surface area contributed by atoms with Crippen molar-refractivity contribution >= 4 is 72.8 Å². The largest absolute Gasteiger partial charge is 0.490 e. The van der Waals surface area contributed by atoms with E-state index in [0.717, 1.165) is 113 Å². The van der Waals surface area contributed by atoms with E-state index in [0.29, 0.717) is 60.0 Å². The minimum atomic E-state index is -0.731. The predicted molar refractivity (Wildman–Crippen MR) is 308 cm³/mol. The van der Waals surface area contributed by atoms with Crippen molar-refractivity contribution in [3.8, 4) is 16.9 Å². The van der Waals surface area contributed by atoms with E-state index in [1.807, 2.05) is 99.2 Å². The van der Waals surface area contributed by atoms with Crippen LogP contribution in [-0.2, 0) is 34.3 Å². The molecule has 7 aromatic rings. The maximum absolute atomic E-state index is 14.1. The van der Waals surface area contributed by atoms with Gasteiger partial charge in [0, 0.05) is 74.4 Å².